The maximum absolute atomic E-state index is 13.4. The number of pyridine rings is 1. The van der Waals surface area contributed by atoms with Gasteiger partial charge in [-0.3, -0.25) is 14.6 Å². The van der Waals surface area contributed by atoms with Crippen molar-refractivity contribution in [2.24, 2.45) is 5.92 Å². The SMILES string of the molecule is C/C=C(\C=C(/C)F)C(C)CCn1c2cc(=O)[nH]c(=O)c-2nc2cc(C)c(C)cc21. The Balaban J connectivity index is 2.16. The van der Waals surface area contributed by atoms with Crippen molar-refractivity contribution in [3.63, 3.8) is 0 Å². The lowest BCUT2D eigenvalue weighted by molar-refractivity contribution is 0.546. The molecule has 1 unspecified atom stereocenters. The fourth-order valence-corrected chi connectivity index (χ4v) is 3.64. The van der Waals surface area contributed by atoms with Crippen LogP contribution in [0.4, 0.5) is 4.39 Å². The average Bonchev–Trinajstić information content (AvgIpc) is 2.64. The Morgan fingerprint density at radius 2 is 1.93 bits per heavy atom. The van der Waals surface area contributed by atoms with E-state index in [-0.39, 0.29) is 17.4 Å². The first-order valence-corrected chi connectivity index (χ1v) is 9.76. The summed E-state index contributed by atoms with van der Waals surface area (Å²) in [6, 6.07) is 5.42. The molecular formula is C23H26FN3O2. The second kappa shape index (κ2) is 8.15. The summed E-state index contributed by atoms with van der Waals surface area (Å²) in [5, 5.41) is 0. The number of benzene rings is 1. The Morgan fingerprint density at radius 1 is 1.24 bits per heavy atom. The van der Waals surface area contributed by atoms with E-state index in [9.17, 15) is 14.0 Å². The molecule has 3 rings (SSSR count). The van der Waals surface area contributed by atoms with Gasteiger partial charge in [0.25, 0.3) is 11.1 Å². The quantitative estimate of drug-likeness (QED) is 0.505. The maximum atomic E-state index is 13.4. The van der Waals surface area contributed by atoms with Crippen molar-refractivity contribution in [2.75, 3.05) is 0 Å². The van der Waals surface area contributed by atoms with Crippen molar-refractivity contribution in [1.29, 1.82) is 0 Å². The third kappa shape index (κ3) is 4.21. The number of H-pyrrole nitrogens is 1. The zero-order valence-electron chi connectivity index (χ0n) is 17.5. The molecule has 0 aromatic heterocycles. The predicted octanol–water partition coefficient (Wildman–Crippen LogP) is 4.65. The van der Waals surface area contributed by atoms with Crippen LogP contribution in [0.15, 0.2) is 51.3 Å². The minimum absolute atomic E-state index is 0.108. The molecule has 0 saturated heterocycles. The summed E-state index contributed by atoms with van der Waals surface area (Å²) in [5.74, 6) is -0.122. The first kappa shape index (κ1) is 20.7. The Labute approximate surface area is 169 Å². The summed E-state index contributed by atoms with van der Waals surface area (Å²) >= 11 is 0. The second-order valence-corrected chi connectivity index (χ2v) is 7.59. The van der Waals surface area contributed by atoms with Crippen molar-refractivity contribution >= 4 is 11.0 Å². The maximum Gasteiger partial charge on any atom is 0.278 e. The van der Waals surface area contributed by atoms with Gasteiger partial charge in [0.05, 0.1) is 22.6 Å². The zero-order chi connectivity index (χ0) is 21.3. The lowest BCUT2D eigenvalue weighted by atomic mass is 9.96. The number of aryl methyl sites for hydroxylation is 3. The number of allylic oxidation sites excluding steroid dienone is 4. The molecule has 0 radical (unpaired) electrons. The molecule has 0 bridgehead atoms. The first-order valence-electron chi connectivity index (χ1n) is 9.76. The van der Waals surface area contributed by atoms with Gasteiger partial charge in [-0.25, -0.2) is 9.37 Å². The standard InChI is InChI=1S/C23H26FN3O2/c1-6-17(11-16(5)24)13(2)7-8-27-19-10-15(4)14(3)9-18(19)25-22-20(27)12-21(28)26-23(22)29/h6,9-13H,7-8H2,1-5H3,(H,26,28,29)/b16-11+,17-6+. The van der Waals surface area contributed by atoms with Gasteiger partial charge >= 0.3 is 0 Å². The number of halogens is 1. The molecule has 1 aromatic rings. The fourth-order valence-electron chi connectivity index (χ4n) is 3.64. The van der Waals surface area contributed by atoms with Crippen LogP contribution in [0.1, 0.15) is 38.3 Å². The number of aromatic amines is 1. The summed E-state index contributed by atoms with van der Waals surface area (Å²) in [7, 11) is 0. The summed E-state index contributed by atoms with van der Waals surface area (Å²) in [6.45, 7) is 9.96. The van der Waals surface area contributed by atoms with E-state index < -0.39 is 11.1 Å². The summed E-state index contributed by atoms with van der Waals surface area (Å²) in [4.78, 5) is 31.2. The van der Waals surface area contributed by atoms with Crippen LogP contribution in [0.25, 0.3) is 22.4 Å². The zero-order valence-corrected chi connectivity index (χ0v) is 17.5. The lowest BCUT2D eigenvalue weighted by Gasteiger charge is -2.21. The van der Waals surface area contributed by atoms with Gasteiger partial charge in [0.15, 0.2) is 5.69 Å². The van der Waals surface area contributed by atoms with E-state index in [1.165, 1.54) is 13.0 Å². The van der Waals surface area contributed by atoms with Crippen LogP contribution in [0, 0.1) is 19.8 Å². The van der Waals surface area contributed by atoms with Crippen LogP contribution in [0.3, 0.4) is 0 Å². The monoisotopic (exact) mass is 395 g/mol. The highest BCUT2D eigenvalue weighted by molar-refractivity contribution is 5.81. The van der Waals surface area contributed by atoms with Gasteiger partial charge < -0.3 is 4.57 Å². The molecule has 2 aliphatic heterocycles. The fraction of sp³-hybridized carbons (Fsp3) is 0.348. The minimum atomic E-state index is -0.487. The van der Waals surface area contributed by atoms with Crippen molar-refractivity contribution < 1.29 is 4.39 Å². The molecule has 29 heavy (non-hydrogen) atoms. The molecule has 1 atom stereocenters. The first-order chi connectivity index (χ1) is 13.7. The molecule has 0 saturated carbocycles. The van der Waals surface area contributed by atoms with Crippen molar-refractivity contribution in [3.05, 3.63) is 73.6 Å². The molecule has 1 N–H and O–H groups in total. The molecule has 1 aromatic carbocycles. The van der Waals surface area contributed by atoms with Gasteiger partial charge in [-0.15, -0.1) is 0 Å². The van der Waals surface area contributed by atoms with E-state index in [0.29, 0.717) is 17.8 Å². The van der Waals surface area contributed by atoms with Gasteiger partial charge in [0, 0.05) is 12.6 Å². The Morgan fingerprint density at radius 3 is 2.59 bits per heavy atom. The summed E-state index contributed by atoms with van der Waals surface area (Å²) in [5.41, 5.74) is 4.53. The van der Waals surface area contributed by atoms with Crippen LogP contribution in [0.2, 0.25) is 0 Å². The Bertz CT molecular complexity index is 1210. The highest BCUT2D eigenvalue weighted by Crippen LogP contribution is 2.27. The van der Waals surface area contributed by atoms with Crippen molar-refractivity contribution in [2.45, 2.75) is 47.6 Å². The predicted molar refractivity (Wildman–Crippen MR) is 115 cm³/mol. The number of aromatic nitrogens is 3. The van der Waals surface area contributed by atoms with Crippen LogP contribution in [-0.2, 0) is 6.54 Å². The molecule has 2 aliphatic rings. The topological polar surface area (TPSA) is 67.8 Å². The smallest absolute Gasteiger partial charge is 0.278 e. The van der Waals surface area contributed by atoms with E-state index in [2.05, 4.69) is 9.97 Å². The number of nitrogens with zero attached hydrogens (tertiary/aromatic N) is 2. The Hall–Kier alpha value is -3.02. The third-order valence-corrected chi connectivity index (χ3v) is 5.42. The molecule has 5 nitrogen and oxygen atoms in total. The molecule has 2 heterocycles. The number of hydrogen-bond acceptors (Lipinski definition) is 3. The number of fused-ring (bicyclic) bond motifs is 2. The van der Waals surface area contributed by atoms with E-state index in [4.69, 9.17) is 0 Å². The second-order valence-electron chi connectivity index (χ2n) is 7.59. The van der Waals surface area contributed by atoms with Crippen molar-refractivity contribution in [3.8, 4) is 11.4 Å². The number of hydrogen-bond donors (Lipinski definition) is 1. The van der Waals surface area contributed by atoms with Gasteiger partial charge in [-0.2, -0.15) is 0 Å². The van der Waals surface area contributed by atoms with Crippen LogP contribution in [0.5, 0.6) is 0 Å². The van der Waals surface area contributed by atoms with Gasteiger partial charge in [-0.1, -0.05) is 13.0 Å². The normalized spacial score (nSPS) is 14.0. The van der Waals surface area contributed by atoms with Gasteiger partial charge in [0.2, 0.25) is 0 Å². The number of rotatable bonds is 5. The van der Waals surface area contributed by atoms with Crippen LogP contribution >= 0.6 is 0 Å². The molecule has 6 heteroatoms. The number of nitrogens with one attached hydrogen (secondary N) is 1. The van der Waals surface area contributed by atoms with Crippen LogP contribution < -0.4 is 11.1 Å². The highest BCUT2D eigenvalue weighted by atomic mass is 19.1. The molecule has 0 fully saturated rings. The largest absolute Gasteiger partial charge is 0.338 e. The summed E-state index contributed by atoms with van der Waals surface area (Å²) in [6.07, 6.45) is 4.18. The third-order valence-electron chi connectivity index (χ3n) is 5.42. The van der Waals surface area contributed by atoms with Crippen LogP contribution in [-0.4, -0.2) is 14.5 Å². The minimum Gasteiger partial charge on any atom is -0.338 e. The average molecular weight is 395 g/mol. The van der Waals surface area contributed by atoms with E-state index in [1.54, 1.807) is 6.08 Å². The lowest BCUT2D eigenvalue weighted by Crippen LogP contribution is -2.25. The van der Waals surface area contributed by atoms with Gasteiger partial charge in [0.1, 0.15) is 0 Å². The molecule has 0 spiro atoms. The highest BCUT2D eigenvalue weighted by Gasteiger charge is 2.18. The molecule has 152 valence electrons. The molecule has 0 aliphatic carbocycles. The van der Waals surface area contributed by atoms with E-state index in [1.807, 2.05) is 50.5 Å². The van der Waals surface area contributed by atoms with Gasteiger partial charge in [-0.05, 0) is 74.9 Å². The molecule has 0 amide bonds. The molecular weight excluding hydrogens is 369 g/mol. The van der Waals surface area contributed by atoms with E-state index >= 15 is 0 Å². The summed E-state index contributed by atoms with van der Waals surface area (Å²) < 4.78 is 15.4. The Kier molecular flexibility index (Phi) is 5.82. The van der Waals surface area contributed by atoms with Crippen molar-refractivity contribution in [1.82, 2.24) is 14.5 Å². The van der Waals surface area contributed by atoms with E-state index in [0.717, 1.165) is 28.6 Å².